The summed E-state index contributed by atoms with van der Waals surface area (Å²) >= 11 is 0. The lowest BCUT2D eigenvalue weighted by atomic mass is 9.99. The molecule has 0 unspecified atom stereocenters. The number of benzene rings is 2. The summed E-state index contributed by atoms with van der Waals surface area (Å²) in [5.74, 6) is -1.58. The van der Waals surface area contributed by atoms with Crippen LogP contribution < -0.4 is 4.74 Å². The van der Waals surface area contributed by atoms with Crippen LogP contribution >= 0.6 is 0 Å². The van der Waals surface area contributed by atoms with Gasteiger partial charge in [0.25, 0.3) is 0 Å². The van der Waals surface area contributed by atoms with E-state index in [1.165, 1.54) is 42.5 Å². The molecule has 2 aromatic rings. The topological polar surface area (TPSA) is 163 Å². The molecule has 0 amide bonds. The van der Waals surface area contributed by atoms with E-state index in [2.05, 4.69) is 0 Å². The van der Waals surface area contributed by atoms with Crippen LogP contribution in [0, 0.1) is 0 Å². The molecule has 0 spiro atoms. The van der Waals surface area contributed by atoms with Crippen molar-refractivity contribution in [2.75, 3.05) is 6.61 Å². The van der Waals surface area contributed by atoms with E-state index in [1.54, 1.807) is 12.1 Å². The van der Waals surface area contributed by atoms with Crippen LogP contribution in [0.5, 0.6) is 11.5 Å². The Balaban J connectivity index is 1.62. The fourth-order valence-corrected chi connectivity index (χ4v) is 2.95. The second-order valence-electron chi connectivity index (χ2n) is 7.02. The number of carboxylic acids is 1. The number of phenolic OH excluding ortho intramolecular Hbond substituents is 1. The summed E-state index contributed by atoms with van der Waals surface area (Å²) in [7, 11) is 0. The maximum absolute atomic E-state index is 12.1. The summed E-state index contributed by atoms with van der Waals surface area (Å²) in [6.45, 7) is -0.427. The molecule has 1 saturated heterocycles. The van der Waals surface area contributed by atoms with Crippen molar-refractivity contribution in [2.24, 2.45) is 0 Å². The first-order valence-corrected chi connectivity index (χ1v) is 9.58. The van der Waals surface area contributed by atoms with Gasteiger partial charge in [0, 0.05) is 6.08 Å². The second kappa shape index (κ2) is 10.2. The Morgan fingerprint density at radius 1 is 0.938 bits per heavy atom. The molecule has 0 aliphatic carbocycles. The van der Waals surface area contributed by atoms with Gasteiger partial charge >= 0.3 is 11.9 Å². The number of aliphatic hydroxyl groups excluding tert-OH is 3. The number of hydrogen-bond acceptors (Lipinski definition) is 9. The number of ether oxygens (including phenoxy) is 3. The third-order valence-electron chi connectivity index (χ3n) is 4.70. The number of esters is 1. The molecule has 1 heterocycles. The van der Waals surface area contributed by atoms with Crippen molar-refractivity contribution in [2.45, 2.75) is 30.7 Å². The predicted molar refractivity (Wildman–Crippen MR) is 109 cm³/mol. The Morgan fingerprint density at radius 3 is 2.22 bits per heavy atom. The molecule has 2 aromatic carbocycles. The van der Waals surface area contributed by atoms with Gasteiger partial charge in [-0.05, 0) is 48.0 Å². The third kappa shape index (κ3) is 5.83. The van der Waals surface area contributed by atoms with Crippen molar-refractivity contribution >= 4 is 18.0 Å². The van der Waals surface area contributed by atoms with Crippen molar-refractivity contribution in [3.8, 4) is 11.5 Å². The largest absolute Gasteiger partial charge is 0.508 e. The molecule has 1 fully saturated rings. The SMILES string of the molecule is O=C(O)C=Cc1ccc(O[C@@H]2O[C@H](COC(=O)c3ccc(O)cc3)[C@@H](O)[C@H](O)[C@H]2O)cc1. The molecule has 3 rings (SSSR count). The van der Waals surface area contributed by atoms with Gasteiger partial charge in [0.15, 0.2) is 0 Å². The number of rotatable bonds is 7. The van der Waals surface area contributed by atoms with Gasteiger partial charge in [-0.2, -0.15) is 0 Å². The number of phenols is 1. The first-order valence-electron chi connectivity index (χ1n) is 9.58. The van der Waals surface area contributed by atoms with Crippen LogP contribution in [-0.4, -0.2) is 74.8 Å². The summed E-state index contributed by atoms with van der Waals surface area (Å²) < 4.78 is 16.2. The number of carbonyl (C=O) groups excluding carboxylic acids is 1. The Labute approximate surface area is 182 Å². The van der Waals surface area contributed by atoms with Crippen molar-refractivity contribution in [3.05, 3.63) is 65.7 Å². The summed E-state index contributed by atoms with van der Waals surface area (Å²) in [4.78, 5) is 22.7. The van der Waals surface area contributed by atoms with Crippen molar-refractivity contribution < 1.29 is 49.3 Å². The first kappa shape index (κ1) is 23.2. The molecule has 0 bridgehead atoms. The number of carbonyl (C=O) groups is 2. The van der Waals surface area contributed by atoms with Crippen LogP contribution in [0.25, 0.3) is 6.08 Å². The number of aliphatic carboxylic acids is 1. The average Bonchev–Trinajstić information content (AvgIpc) is 2.78. The lowest BCUT2D eigenvalue weighted by Crippen LogP contribution is -2.60. The van der Waals surface area contributed by atoms with E-state index in [9.17, 15) is 30.0 Å². The average molecular weight is 446 g/mol. The monoisotopic (exact) mass is 446 g/mol. The molecule has 0 radical (unpaired) electrons. The molecule has 5 N–H and O–H groups in total. The predicted octanol–water partition coefficient (Wildman–Crippen LogP) is 0.533. The number of carboxylic acid groups (broad SMARTS) is 1. The molecule has 5 atom stereocenters. The van der Waals surface area contributed by atoms with Gasteiger partial charge in [-0.15, -0.1) is 0 Å². The van der Waals surface area contributed by atoms with E-state index in [-0.39, 0.29) is 17.1 Å². The fourth-order valence-electron chi connectivity index (χ4n) is 2.95. The number of hydrogen-bond donors (Lipinski definition) is 5. The van der Waals surface area contributed by atoms with E-state index >= 15 is 0 Å². The fraction of sp³-hybridized carbons (Fsp3) is 0.273. The number of aliphatic hydroxyl groups is 3. The highest BCUT2D eigenvalue weighted by Crippen LogP contribution is 2.25. The Bertz CT molecular complexity index is 954. The summed E-state index contributed by atoms with van der Waals surface area (Å²) in [6, 6.07) is 11.5. The maximum atomic E-state index is 12.1. The van der Waals surface area contributed by atoms with Crippen molar-refractivity contribution in [3.63, 3.8) is 0 Å². The Kier molecular flexibility index (Phi) is 7.44. The van der Waals surface area contributed by atoms with Gasteiger partial charge in [0.2, 0.25) is 6.29 Å². The van der Waals surface area contributed by atoms with Gasteiger partial charge in [0.1, 0.15) is 42.5 Å². The van der Waals surface area contributed by atoms with Crippen LogP contribution in [0.1, 0.15) is 15.9 Å². The van der Waals surface area contributed by atoms with E-state index < -0.39 is 49.3 Å². The normalized spacial score (nSPS) is 25.4. The van der Waals surface area contributed by atoms with E-state index in [0.29, 0.717) is 5.56 Å². The zero-order valence-electron chi connectivity index (χ0n) is 16.6. The Hall–Kier alpha value is -3.44. The standard InChI is InChI=1S/C22H22O10/c23-14-6-4-13(5-7-14)21(29)30-11-16-18(26)19(27)20(28)22(32-16)31-15-8-1-12(2-9-15)3-10-17(24)25/h1-10,16,18-20,22-23,26-28H,11H2,(H,24,25)/t16-,18-,19+,20-,22-/m1/s1. The molecule has 1 aliphatic heterocycles. The second-order valence-corrected chi connectivity index (χ2v) is 7.02. The highest BCUT2D eigenvalue weighted by Gasteiger charge is 2.45. The van der Waals surface area contributed by atoms with Crippen LogP contribution in [-0.2, 0) is 14.3 Å². The van der Waals surface area contributed by atoms with E-state index in [1.807, 2.05) is 0 Å². The van der Waals surface area contributed by atoms with Gasteiger partial charge in [0.05, 0.1) is 5.56 Å². The van der Waals surface area contributed by atoms with Gasteiger partial charge in [-0.3, -0.25) is 0 Å². The van der Waals surface area contributed by atoms with E-state index in [4.69, 9.17) is 19.3 Å². The number of aromatic hydroxyl groups is 1. The van der Waals surface area contributed by atoms with Gasteiger partial charge in [-0.1, -0.05) is 12.1 Å². The molecule has 10 heteroatoms. The molecule has 0 aromatic heterocycles. The van der Waals surface area contributed by atoms with Crippen LogP contribution in [0.2, 0.25) is 0 Å². The maximum Gasteiger partial charge on any atom is 0.338 e. The lowest BCUT2D eigenvalue weighted by Gasteiger charge is -2.39. The van der Waals surface area contributed by atoms with E-state index in [0.717, 1.165) is 6.08 Å². The smallest absolute Gasteiger partial charge is 0.338 e. The third-order valence-corrected chi connectivity index (χ3v) is 4.70. The molecular formula is C22H22O10. The van der Waals surface area contributed by atoms with Crippen LogP contribution in [0.4, 0.5) is 0 Å². The highest BCUT2D eigenvalue weighted by molar-refractivity contribution is 5.89. The zero-order valence-corrected chi connectivity index (χ0v) is 16.6. The van der Waals surface area contributed by atoms with Gasteiger partial charge in [-0.25, -0.2) is 9.59 Å². The quantitative estimate of drug-likeness (QED) is 0.299. The summed E-state index contributed by atoms with van der Waals surface area (Å²) in [6.07, 6.45) is -4.93. The zero-order chi connectivity index (χ0) is 23.3. The minimum atomic E-state index is -1.62. The first-order chi connectivity index (χ1) is 15.2. The molecule has 32 heavy (non-hydrogen) atoms. The van der Waals surface area contributed by atoms with Crippen LogP contribution in [0.3, 0.4) is 0 Å². The van der Waals surface area contributed by atoms with Crippen molar-refractivity contribution in [1.82, 2.24) is 0 Å². The Morgan fingerprint density at radius 2 is 1.59 bits per heavy atom. The molecule has 0 saturated carbocycles. The molecular weight excluding hydrogens is 424 g/mol. The lowest BCUT2D eigenvalue weighted by molar-refractivity contribution is -0.277. The minimum Gasteiger partial charge on any atom is -0.508 e. The molecule has 10 nitrogen and oxygen atoms in total. The van der Waals surface area contributed by atoms with Crippen molar-refractivity contribution in [1.29, 1.82) is 0 Å². The highest BCUT2D eigenvalue weighted by atomic mass is 16.7. The summed E-state index contributed by atoms with van der Waals surface area (Å²) in [5, 5.41) is 48.5. The van der Waals surface area contributed by atoms with Gasteiger partial charge < -0.3 is 39.7 Å². The molecule has 170 valence electrons. The summed E-state index contributed by atoms with van der Waals surface area (Å²) in [5.41, 5.74) is 0.762. The molecule has 1 aliphatic rings. The minimum absolute atomic E-state index is 0.0179. The van der Waals surface area contributed by atoms with Crippen LogP contribution in [0.15, 0.2) is 54.6 Å².